The first-order valence-corrected chi connectivity index (χ1v) is 31.8. The van der Waals surface area contributed by atoms with Crippen molar-refractivity contribution in [1.82, 2.24) is 0 Å². The van der Waals surface area contributed by atoms with E-state index in [9.17, 15) is 0 Å². The summed E-state index contributed by atoms with van der Waals surface area (Å²) < 4.78 is 0. The molecule has 0 radical (unpaired) electrons. The molecular formula is C90H69N. The van der Waals surface area contributed by atoms with Crippen molar-refractivity contribution in [3.8, 4) is 11.1 Å². The summed E-state index contributed by atoms with van der Waals surface area (Å²) in [6.07, 6.45) is 0. The summed E-state index contributed by atoms with van der Waals surface area (Å²) in [4.78, 5) is 2.89. The highest BCUT2D eigenvalue weighted by atomic mass is 15.3. The second kappa shape index (κ2) is 23.8. The van der Waals surface area contributed by atoms with Crippen molar-refractivity contribution in [3.63, 3.8) is 0 Å². The normalized spacial score (nSPS) is 15.6. The van der Waals surface area contributed by atoms with Crippen LogP contribution in [0.1, 0.15) is 61.2 Å². The molecule has 0 spiro atoms. The van der Waals surface area contributed by atoms with Gasteiger partial charge in [0.05, 0.1) is 27.1 Å². The predicted molar refractivity (Wildman–Crippen MR) is 377 cm³/mol. The van der Waals surface area contributed by atoms with Gasteiger partial charge in [0, 0.05) is 16.9 Å². The van der Waals surface area contributed by atoms with Crippen LogP contribution in [0.3, 0.4) is 0 Å². The van der Waals surface area contributed by atoms with E-state index in [1.165, 1.54) is 0 Å². The Labute approximate surface area is 536 Å². The number of rotatable bonds is 15. The van der Waals surface area contributed by atoms with Crippen molar-refractivity contribution in [2.75, 3.05) is 4.90 Å². The van der Waals surface area contributed by atoms with Gasteiger partial charge in [-0.25, -0.2) is 0 Å². The average Bonchev–Trinajstić information content (AvgIpc) is 0.598. The molecule has 15 rings (SSSR count). The smallest absolute Gasteiger partial charge is 0.100 e. The quantitative estimate of drug-likeness (QED) is 0.0989. The molecule has 0 aromatic heterocycles. The Bertz CT molecular complexity index is 4250. The SMILES string of the molecule is c1ccc(-c2ccccc2N(c2ccccc2)C2(c3ccccc3)C(c3ccccc3)(c3ccccc3)C(c3ccccc3)(c3ccccc3)C(c3ccccc3)(c3ccccc3)C(c3ccccc3)(c3ccccc3)C2(c2ccccc2)c2ccccc2)cc1. The third-order valence-electron chi connectivity index (χ3n) is 20.2. The van der Waals surface area contributed by atoms with Crippen molar-refractivity contribution < 1.29 is 0 Å². The van der Waals surface area contributed by atoms with Gasteiger partial charge in [-0.2, -0.15) is 0 Å². The van der Waals surface area contributed by atoms with Gasteiger partial charge in [-0.05, 0) is 85.0 Å². The predicted octanol–water partition coefficient (Wildman–Crippen LogP) is 21.3. The number of nitrogens with zero attached hydrogens (tertiary/aromatic N) is 1. The Morgan fingerprint density at radius 2 is 0.341 bits per heavy atom. The van der Waals surface area contributed by atoms with Crippen LogP contribution in [0.25, 0.3) is 11.1 Å². The van der Waals surface area contributed by atoms with Gasteiger partial charge in [-0.15, -0.1) is 0 Å². The lowest BCUT2D eigenvalue weighted by Crippen LogP contribution is -2.91. The molecule has 0 saturated heterocycles. The topological polar surface area (TPSA) is 3.24 Å². The monoisotopic (exact) mass is 1160 g/mol. The van der Waals surface area contributed by atoms with Crippen LogP contribution in [-0.4, -0.2) is 0 Å². The van der Waals surface area contributed by atoms with Crippen molar-refractivity contribution in [2.45, 2.75) is 32.6 Å². The first kappa shape index (κ1) is 56.4. The maximum atomic E-state index is 2.89. The Balaban J connectivity index is 1.47. The molecule has 1 heteroatoms. The second-order valence-electron chi connectivity index (χ2n) is 24.0. The van der Waals surface area contributed by atoms with E-state index in [1.54, 1.807) is 0 Å². The van der Waals surface area contributed by atoms with Gasteiger partial charge in [0.1, 0.15) is 5.54 Å². The maximum Gasteiger partial charge on any atom is 0.100 e. The molecule has 14 aromatic rings. The zero-order chi connectivity index (χ0) is 61.0. The van der Waals surface area contributed by atoms with Crippen LogP contribution in [0.2, 0.25) is 0 Å². The zero-order valence-electron chi connectivity index (χ0n) is 50.8. The van der Waals surface area contributed by atoms with Gasteiger partial charge >= 0.3 is 0 Å². The Kier molecular flexibility index (Phi) is 14.7. The molecule has 1 saturated carbocycles. The van der Waals surface area contributed by atoms with Crippen LogP contribution < -0.4 is 4.90 Å². The van der Waals surface area contributed by atoms with Crippen molar-refractivity contribution in [3.05, 3.63) is 480 Å². The lowest BCUT2D eigenvalue weighted by Gasteiger charge is -2.84. The first-order valence-electron chi connectivity index (χ1n) is 31.8. The van der Waals surface area contributed by atoms with Crippen molar-refractivity contribution >= 4 is 11.4 Å². The summed E-state index contributed by atoms with van der Waals surface area (Å²) in [6, 6.07) is 161. The molecule has 0 N–H and O–H groups in total. The molecule has 1 aliphatic rings. The van der Waals surface area contributed by atoms with E-state index in [2.05, 4.69) is 423 Å². The van der Waals surface area contributed by atoms with E-state index < -0.39 is 32.6 Å². The number of anilines is 2. The van der Waals surface area contributed by atoms with Crippen LogP contribution in [0.5, 0.6) is 0 Å². The maximum absolute atomic E-state index is 2.89. The highest BCUT2D eigenvalue weighted by Gasteiger charge is 2.92. The van der Waals surface area contributed by atoms with E-state index in [0.717, 1.165) is 83.7 Å². The van der Waals surface area contributed by atoms with Crippen LogP contribution in [0.15, 0.2) is 419 Å². The molecule has 0 heterocycles. The number of benzene rings is 14. The molecule has 1 fully saturated rings. The molecule has 0 aliphatic heterocycles. The third kappa shape index (κ3) is 7.97. The molecule has 1 aliphatic carbocycles. The molecule has 14 aromatic carbocycles. The second-order valence-corrected chi connectivity index (χ2v) is 24.0. The number of hydrogen-bond acceptors (Lipinski definition) is 1. The summed E-state index contributed by atoms with van der Waals surface area (Å²) >= 11 is 0. The summed E-state index contributed by atoms with van der Waals surface area (Å²) in [7, 11) is 0. The summed E-state index contributed by atoms with van der Waals surface area (Å²) in [6.45, 7) is 0. The lowest BCUT2D eigenvalue weighted by atomic mass is 9.18. The zero-order valence-corrected chi connectivity index (χ0v) is 50.8. The fourth-order valence-electron chi connectivity index (χ4n) is 17.9. The van der Waals surface area contributed by atoms with Gasteiger partial charge in [-0.1, -0.05) is 400 Å². The first-order chi connectivity index (χ1) is 45.2. The highest BCUT2D eigenvalue weighted by molar-refractivity contribution is 5.90. The van der Waals surface area contributed by atoms with Crippen LogP contribution in [-0.2, 0) is 32.6 Å². The van der Waals surface area contributed by atoms with E-state index >= 15 is 0 Å². The highest BCUT2D eigenvalue weighted by Crippen LogP contribution is 2.87. The molecule has 91 heavy (non-hydrogen) atoms. The van der Waals surface area contributed by atoms with Crippen molar-refractivity contribution in [2.24, 2.45) is 0 Å². The van der Waals surface area contributed by atoms with Crippen molar-refractivity contribution in [1.29, 1.82) is 0 Å². The van der Waals surface area contributed by atoms with Crippen LogP contribution in [0.4, 0.5) is 11.4 Å². The molecule has 1 nitrogen and oxygen atoms in total. The van der Waals surface area contributed by atoms with Gasteiger partial charge in [0.2, 0.25) is 0 Å². The molecule has 0 amide bonds. The molecular weight excluding hydrogens is 1090 g/mol. The molecule has 434 valence electrons. The van der Waals surface area contributed by atoms with Crippen LogP contribution >= 0.6 is 0 Å². The molecule has 0 atom stereocenters. The van der Waals surface area contributed by atoms with Gasteiger partial charge in [-0.3, -0.25) is 0 Å². The minimum Gasteiger partial charge on any atom is -0.328 e. The van der Waals surface area contributed by atoms with Gasteiger partial charge < -0.3 is 4.90 Å². The standard InChI is InChI=1S/C90H69N/c1-14-42-70(43-15-1)83-68-40-41-69-84(83)91(82-66-38-13-39-67-82)90(81-64-36-12-37-65-81)88(77-56-28-8-29-57-77,78-58-30-9-31-59-78)86(73-48-20-4-21-49-73,74-50-22-5-23-51-74)85(71-44-16-2-17-45-71,72-46-18-3-19-47-72)87(75-52-24-6-25-53-75,76-54-26-7-27-55-76)89(90,79-60-32-10-33-61-79)80-62-34-11-35-63-80/h1-69H. The van der Waals surface area contributed by atoms with E-state index in [1.807, 2.05) is 0 Å². The minimum atomic E-state index is -1.51. The van der Waals surface area contributed by atoms with Gasteiger partial charge in [0.25, 0.3) is 0 Å². The Morgan fingerprint density at radius 1 is 0.154 bits per heavy atom. The fourth-order valence-corrected chi connectivity index (χ4v) is 17.9. The molecule has 0 bridgehead atoms. The van der Waals surface area contributed by atoms with E-state index in [0.29, 0.717) is 0 Å². The third-order valence-corrected chi connectivity index (χ3v) is 20.2. The number of hydrogen-bond donors (Lipinski definition) is 0. The molecule has 0 unspecified atom stereocenters. The largest absolute Gasteiger partial charge is 0.328 e. The van der Waals surface area contributed by atoms with E-state index in [4.69, 9.17) is 0 Å². The minimum absolute atomic E-state index is 1.01. The van der Waals surface area contributed by atoms with Crippen LogP contribution in [0, 0.1) is 0 Å². The average molecular weight is 1160 g/mol. The Morgan fingerprint density at radius 3 is 0.604 bits per heavy atom. The summed E-state index contributed by atoms with van der Waals surface area (Å²) in [5, 5.41) is 0. The summed E-state index contributed by atoms with van der Waals surface area (Å²) in [5.74, 6) is 0. The Hall–Kier alpha value is -11.1. The fraction of sp³-hybridized carbons (Fsp3) is 0.0667. The lowest BCUT2D eigenvalue weighted by molar-refractivity contribution is -0.0726. The van der Waals surface area contributed by atoms with E-state index in [-0.39, 0.29) is 0 Å². The summed E-state index contributed by atoms with van der Waals surface area (Å²) in [5.41, 5.74) is 8.33. The van der Waals surface area contributed by atoms with Gasteiger partial charge in [0.15, 0.2) is 0 Å². The number of para-hydroxylation sites is 2.